The molecule has 0 heterocycles. The molecule has 100 valence electrons. The van der Waals surface area contributed by atoms with E-state index in [0.717, 1.165) is 31.8 Å². The monoisotopic (exact) mass is 240 g/mol. The Bertz CT molecular complexity index is 212. The highest BCUT2D eigenvalue weighted by Crippen LogP contribution is 2.22. The Hall–Kier alpha value is -0.570. The minimum Gasteiger partial charge on any atom is -0.355 e. The summed E-state index contributed by atoms with van der Waals surface area (Å²) in [6.07, 6.45) is 8.98. The molecular formula is C14H28N2O. The van der Waals surface area contributed by atoms with E-state index in [2.05, 4.69) is 17.6 Å². The molecule has 0 aromatic heterocycles. The molecule has 1 atom stereocenters. The van der Waals surface area contributed by atoms with E-state index in [0.29, 0.717) is 0 Å². The van der Waals surface area contributed by atoms with Crippen LogP contribution in [0.4, 0.5) is 0 Å². The molecule has 0 bridgehead atoms. The fourth-order valence-electron chi connectivity index (χ4n) is 2.37. The van der Waals surface area contributed by atoms with Crippen LogP contribution in [0.1, 0.15) is 58.8 Å². The number of nitrogens with one attached hydrogen (secondary N) is 2. The van der Waals surface area contributed by atoms with Crippen LogP contribution in [-0.4, -0.2) is 25.0 Å². The lowest BCUT2D eigenvalue weighted by Crippen LogP contribution is -2.44. The number of carbonyl (C=O) groups is 1. The predicted octanol–water partition coefficient (Wildman–Crippen LogP) is 2.46. The van der Waals surface area contributed by atoms with Crippen molar-refractivity contribution in [3.8, 4) is 0 Å². The molecule has 1 unspecified atom stereocenters. The van der Waals surface area contributed by atoms with Gasteiger partial charge in [0.05, 0.1) is 6.04 Å². The van der Waals surface area contributed by atoms with Gasteiger partial charge in [0.1, 0.15) is 0 Å². The summed E-state index contributed by atoms with van der Waals surface area (Å²) >= 11 is 0. The standard InChI is InChI=1S/C14H28N2O/c1-3-4-10-15-14(17)12(2)16-11-13-8-6-5-7-9-13/h12-13,16H,3-11H2,1-2H3,(H,15,17). The third-order valence-electron chi connectivity index (χ3n) is 3.66. The number of amides is 1. The molecule has 1 saturated carbocycles. The lowest BCUT2D eigenvalue weighted by Gasteiger charge is -2.23. The van der Waals surface area contributed by atoms with Crippen molar-refractivity contribution in [3.63, 3.8) is 0 Å². The molecule has 1 aliphatic carbocycles. The number of rotatable bonds is 7. The van der Waals surface area contributed by atoms with E-state index in [1.165, 1.54) is 32.1 Å². The first-order chi connectivity index (χ1) is 8.24. The van der Waals surface area contributed by atoms with Crippen molar-refractivity contribution in [2.45, 2.75) is 64.8 Å². The summed E-state index contributed by atoms with van der Waals surface area (Å²) < 4.78 is 0. The van der Waals surface area contributed by atoms with Gasteiger partial charge in [0.15, 0.2) is 0 Å². The van der Waals surface area contributed by atoms with Crippen molar-refractivity contribution >= 4 is 5.91 Å². The lowest BCUT2D eigenvalue weighted by atomic mass is 9.89. The normalized spacial score (nSPS) is 18.9. The highest BCUT2D eigenvalue weighted by molar-refractivity contribution is 5.81. The topological polar surface area (TPSA) is 41.1 Å². The van der Waals surface area contributed by atoms with Gasteiger partial charge in [-0.3, -0.25) is 4.79 Å². The molecule has 2 N–H and O–H groups in total. The van der Waals surface area contributed by atoms with Crippen molar-refractivity contribution in [1.82, 2.24) is 10.6 Å². The Labute approximate surface area is 106 Å². The third-order valence-corrected chi connectivity index (χ3v) is 3.66. The summed E-state index contributed by atoms with van der Waals surface area (Å²) in [5.41, 5.74) is 0. The molecule has 1 amide bonds. The molecule has 1 aliphatic rings. The van der Waals surface area contributed by atoms with E-state index in [9.17, 15) is 4.79 Å². The Balaban J connectivity index is 2.10. The van der Waals surface area contributed by atoms with Crippen LogP contribution in [0.3, 0.4) is 0 Å². The molecular weight excluding hydrogens is 212 g/mol. The van der Waals surface area contributed by atoms with Crippen molar-refractivity contribution in [3.05, 3.63) is 0 Å². The minimum atomic E-state index is -0.0474. The maximum atomic E-state index is 11.7. The van der Waals surface area contributed by atoms with E-state index < -0.39 is 0 Å². The Morgan fingerprint density at radius 2 is 2.00 bits per heavy atom. The third kappa shape index (κ3) is 6.06. The Morgan fingerprint density at radius 3 is 2.65 bits per heavy atom. The highest BCUT2D eigenvalue weighted by Gasteiger charge is 2.16. The fourth-order valence-corrected chi connectivity index (χ4v) is 2.37. The molecule has 0 aromatic rings. The quantitative estimate of drug-likeness (QED) is 0.671. The molecule has 0 saturated heterocycles. The zero-order chi connectivity index (χ0) is 12.5. The number of unbranched alkanes of at least 4 members (excludes halogenated alkanes) is 1. The van der Waals surface area contributed by atoms with E-state index in [-0.39, 0.29) is 11.9 Å². The van der Waals surface area contributed by atoms with Gasteiger partial charge in [0.25, 0.3) is 0 Å². The summed E-state index contributed by atoms with van der Waals surface area (Å²) in [6, 6.07) is -0.0474. The Kier molecular flexibility index (Phi) is 7.25. The van der Waals surface area contributed by atoms with Gasteiger partial charge in [-0.05, 0) is 38.6 Å². The molecule has 3 nitrogen and oxygen atoms in total. The number of carbonyl (C=O) groups excluding carboxylic acids is 1. The molecule has 17 heavy (non-hydrogen) atoms. The smallest absolute Gasteiger partial charge is 0.236 e. The summed E-state index contributed by atoms with van der Waals surface area (Å²) in [7, 11) is 0. The van der Waals surface area contributed by atoms with Crippen molar-refractivity contribution < 1.29 is 4.79 Å². The average molecular weight is 240 g/mol. The van der Waals surface area contributed by atoms with Gasteiger partial charge >= 0.3 is 0 Å². The summed E-state index contributed by atoms with van der Waals surface area (Å²) in [5, 5.41) is 6.34. The van der Waals surface area contributed by atoms with Gasteiger partial charge in [0, 0.05) is 6.54 Å². The van der Waals surface area contributed by atoms with Crippen LogP contribution in [0.2, 0.25) is 0 Å². The fraction of sp³-hybridized carbons (Fsp3) is 0.929. The minimum absolute atomic E-state index is 0.0474. The summed E-state index contributed by atoms with van der Waals surface area (Å²) in [5.74, 6) is 0.934. The summed E-state index contributed by atoms with van der Waals surface area (Å²) in [6.45, 7) is 5.91. The van der Waals surface area contributed by atoms with Crippen molar-refractivity contribution in [2.75, 3.05) is 13.1 Å². The largest absolute Gasteiger partial charge is 0.355 e. The van der Waals surface area contributed by atoms with Gasteiger partial charge in [0.2, 0.25) is 5.91 Å². The predicted molar refractivity (Wildman–Crippen MR) is 72.0 cm³/mol. The SMILES string of the molecule is CCCCNC(=O)C(C)NCC1CCCCC1. The zero-order valence-electron chi connectivity index (χ0n) is 11.4. The maximum Gasteiger partial charge on any atom is 0.236 e. The molecule has 3 heteroatoms. The van der Waals surface area contributed by atoms with Crippen LogP contribution in [0.25, 0.3) is 0 Å². The van der Waals surface area contributed by atoms with Gasteiger partial charge < -0.3 is 10.6 Å². The molecule has 0 spiro atoms. The zero-order valence-corrected chi connectivity index (χ0v) is 11.4. The van der Waals surface area contributed by atoms with E-state index in [1.54, 1.807) is 0 Å². The van der Waals surface area contributed by atoms with Crippen LogP contribution < -0.4 is 10.6 Å². The van der Waals surface area contributed by atoms with Gasteiger partial charge in [-0.2, -0.15) is 0 Å². The van der Waals surface area contributed by atoms with Gasteiger partial charge in [-0.1, -0.05) is 32.6 Å². The molecule has 1 fully saturated rings. The van der Waals surface area contributed by atoms with Crippen LogP contribution >= 0.6 is 0 Å². The first-order valence-corrected chi connectivity index (χ1v) is 7.25. The van der Waals surface area contributed by atoms with E-state index in [1.807, 2.05) is 6.92 Å². The van der Waals surface area contributed by atoms with Gasteiger partial charge in [-0.25, -0.2) is 0 Å². The molecule has 1 rings (SSSR count). The summed E-state index contributed by atoms with van der Waals surface area (Å²) in [4.78, 5) is 11.7. The maximum absolute atomic E-state index is 11.7. The van der Waals surface area contributed by atoms with Crippen LogP contribution in [0, 0.1) is 5.92 Å². The van der Waals surface area contributed by atoms with Crippen molar-refractivity contribution in [1.29, 1.82) is 0 Å². The highest BCUT2D eigenvalue weighted by atomic mass is 16.2. The molecule has 0 aliphatic heterocycles. The molecule has 0 radical (unpaired) electrons. The first kappa shape index (κ1) is 14.5. The second-order valence-corrected chi connectivity index (χ2v) is 5.28. The number of hydrogen-bond donors (Lipinski definition) is 2. The Morgan fingerprint density at radius 1 is 1.29 bits per heavy atom. The first-order valence-electron chi connectivity index (χ1n) is 7.25. The van der Waals surface area contributed by atoms with E-state index >= 15 is 0 Å². The second kappa shape index (κ2) is 8.51. The molecule has 0 aromatic carbocycles. The van der Waals surface area contributed by atoms with Crippen LogP contribution in [0.5, 0.6) is 0 Å². The second-order valence-electron chi connectivity index (χ2n) is 5.28. The van der Waals surface area contributed by atoms with Gasteiger partial charge in [-0.15, -0.1) is 0 Å². The van der Waals surface area contributed by atoms with E-state index in [4.69, 9.17) is 0 Å². The van der Waals surface area contributed by atoms with Crippen molar-refractivity contribution in [2.24, 2.45) is 5.92 Å². The van der Waals surface area contributed by atoms with Crippen LogP contribution in [0.15, 0.2) is 0 Å². The average Bonchev–Trinajstić information content (AvgIpc) is 2.37. The number of hydrogen-bond acceptors (Lipinski definition) is 2. The van der Waals surface area contributed by atoms with Crippen LogP contribution in [-0.2, 0) is 4.79 Å². The lowest BCUT2D eigenvalue weighted by molar-refractivity contribution is -0.122.